The van der Waals surface area contributed by atoms with Gasteiger partial charge in [0.1, 0.15) is 0 Å². The van der Waals surface area contributed by atoms with E-state index in [0.29, 0.717) is 0 Å². The van der Waals surface area contributed by atoms with E-state index >= 15 is 0 Å². The Labute approximate surface area is 326 Å². The summed E-state index contributed by atoms with van der Waals surface area (Å²) < 4.78 is 3.37. The number of anilines is 6. The number of imidazole rings is 1. The average molecular weight is 723 g/mol. The molecule has 1 aromatic heterocycles. The van der Waals surface area contributed by atoms with Crippen molar-refractivity contribution in [1.29, 1.82) is 0 Å². The van der Waals surface area contributed by atoms with Gasteiger partial charge < -0.3 is 9.80 Å². The average Bonchev–Trinajstić information content (AvgIpc) is 3.67. The minimum absolute atomic E-state index is 0.140. The van der Waals surface area contributed by atoms with Crippen LogP contribution in [0.2, 0.25) is 0 Å². The maximum absolute atomic E-state index is 13.9. The smallest absolute Gasteiger partial charge is 0.311 e. The highest BCUT2D eigenvalue weighted by molar-refractivity contribution is 5.80. The van der Waals surface area contributed by atoms with Crippen molar-refractivity contribution in [2.75, 3.05) is 9.80 Å². The normalized spacial score (nSPS) is 10.9. The lowest BCUT2D eigenvalue weighted by Gasteiger charge is -2.26. The molecule has 0 saturated carbocycles. The predicted molar refractivity (Wildman–Crippen MR) is 232 cm³/mol. The molecule has 0 amide bonds. The van der Waals surface area contributed by atoms with E-state index in [2.05, 4.69) is 155 Å². The summed E-state index contributed by atoms with van der Waals surface area (Å²) in [5, 5.41) is 0. The summed E-state index contributed by atoms with van der Waals surface area (Å²) in [6.45, 7) is 0. The van der Waals surface area contributed by atoms with Crippen LogP contribution in [-0.2, 0) is 0 Å². The molecule has 5 nitrogen and oxygen atoms in total. The number of nitrogens with zero attached hydrogens (tertiary/aromatic N) is 4. The van der Waals surface area contributed by atoms with Crippen molar-refractivity contribution >= 4 is 34.1 Å². The maximum atomic E-state index is 13.9. The van der Waals surface area contributed by atoms with Gasteiger partial charge in [-0.3, -0.25) is 9.13 Å². The van der Waals surface area contributed by atoms with Crippen molar-refractivity contribution in [3.8, 4) is 33.6 Å². The molecular weight excluding hydrogens is 685 g/mol. The van der Waals surface area contributed by atoms with Crippen LogP contribution < -0.4 is 15.5 Å². The molecule has 8 aromatic carbocycles. The quantitative estimate of drug-likeness (QED) is 0.141. The molecule has 0 saturated heterocycles. The van der Waals surface area contributed by atoms with Gasteiger partial charge in [-0.1, -0.05) is 121 Å². The van der Waals surface area contributed by atoms with E-state index in [1.54, 1.807) is 9.13 Å². The number of hydrogen-bond acceptors (Lipinski definition) is 3. The molecule has 268 valence electrons. The fourth-order valence-electron chi connectivity index (χ4n) is 7.21. The van der Waals surface area contributed by atoms with Crippen LogP contribution in [-0.4, -0.2) is 9.13 Å². The Morgan fingerprint density at radius 1 is 0.268 bits per heavy atom. The number of benzene rings is 8. The van der Waals surface area contributed by atoms with Crippen LogP contribution in [0.25, 0.3) is 33.6 Å². The topological polar surface area (TPSA) is 33.4 Å². The molecule has 0 aliphatic carbocycles. The number of para-hydroxylation sites is 2. The van der Waals surface area contributed by atoms with Gasteiger partial charge in [0.25, 0.3) is 0 Å². The SMILES string of the molecule is O=c1n(-c2ccc(N(c3ccccc3)c3ccc(-c4ccccc4)cc3)cc2)ccn1-c1ccc(N(c2ccccc2)c2ccc(-c3ccccc3)cc2)cc1. The van der Waals surface area contributed by atoms with Crippen LogP contribution in [0.15, 0.2) is 236 Å². The third-order valence-corrected chi connectivity index (χ3v) is 10.0. The number of hydrogen-bond donors (Lipinski definition) is 0. The Hall–Kier alpha value is -7.63. The van der Waals surface area contributed by atoms with Crippen LogP contribution >= 0.6 is 0 Å². The monoisotopic (exact) mass is 722 g/mol. The molecule has 0 bridgehead atoms. The molecule has 0 unspecified atom stereocenters. The van der Waals surface area contributed by atoms with Crippen molar-refractivity contribution in [3.63, 3.8) is 0 Å². The first-order valence-electron chi connectivity index (χ1n) is 18.7. The first-order chi connectivity index (χ1) is 27.7. The second-order valence-corrected chi connectivity index (χ2v) is 13.5. The van der Waals surface area contributed by atoms with Crippen molar-refractivity contribution in [2.24, 2.45) is 0 Å². The van der Waals surface area contributed by atoms with Crippen molar-refractivity contribution in [3.05, 3.63) is 241 Å². The molecule has 1 heterocycles. The highest BCUT2D eigenvalue weighted by Gasteiger charge is 2.16. The summed E-state index contributed by atoms with van der Waals surface area (Å²) in [5.74, 6) is 0. The molecule has 0 aliphatic rings. The van der Waals surface area contributed by atoms with Gasteiger partial charge >= 0.3 is 5.69 Å². The second kappa shape index (κ2) is 15.4. The molecule has 0 radical (unpaired) electrons. The highest BCUT2D eigenvalue weighted by atomic mass is 16.1. The Bertz CT molecular complexity index is 2520. The summed E-state index contributed by atoms with van der Waals surface area (Å²) in [6, 6.07) is 75.0. The van der Waals surface area contributed by atoms with Gasteiger partial charge in [-0.15, -0.1) is 0 Å². The summed E-state index contributed by atoms with van der Waals surface area (Å²) in [6.07, 6.45) is 3.65. The number of rotatable bonds is 10. The van der Waals surface area contributed by atoms with E-state index in [1.165, 1.54) is 22.3 Å². The molecule has 0 N–H and O–H groups in total. The minimum atomic E-state index is -0.140. The van der Waals surface area contributed by atoms with Crippen molar-refractivity contribution in [2.45, 2.75) is 0 Å². The molecule has 56 heavy (non-hydrogen) atoms. The standard InChI is InChI=1S/C51H38N4O/c56-51-52(43-29-33-49(34-30-43)54(45-17-9-3-10-18-45)47-25-21-41(22-26-47)39-13-5-1-6-14-39)37-38-53(51)44-31-35-50(36-32-44)55(46-19-11-4-12-20-46)48-27-23-42(24-28-48)40-15-7-2-8-16-40/h1-38H. The first-order valence-corrected chi connectivity index (χ1v) is 18.7. The Balaban J connectivity index is 0.983. The predicted octanol–water partition coefficient (Wildman–Crippen LogP) is 12.9. The first kappa shape index (κ1) is 34.2. The minimum Gasteiger partial charge on any atom is -0.311 e. The van der Waals surface area contributed by atoms with Crippen molar-refractivity contribution in [1.82, 2.24) is 9.13 Å². The van der Waals surface area contributed by atoms with E-state index in [1.807, 2.05) is 85.2 Å². The maximum Gasteiger partial charge on any atom is 0.337 e. The molecule has 0 atom stereocenters. The zero-order valence-electron chi connectivity index (χ0n) is 30.6. The third kappa shape index (κ3) is 6.93. The molecular formula is C51H38N4O. The van der Waals surface area contributed by atoms with Crippen LogP contribution in [0.4, 0.5) is 34.1 Å². The van der Waals surface area contributed by atoms with Crippen LogP contribution in [0.5, 0.6) is 0 Å². The second-order valence-electron chi connectivity index (χ2n) is 13.5. The Morgan fingerprint density at radius 2 is 0.518 bits per heavy atom. The fourth-order valence-corrected chi connectivity index (χ4v) is 7.21. The molecule has 0 aliphatic heterocycles. The summed E-state index contributed by atoms with van der Waals surface area (Å²) in [7, 11) is 0. The molecule has 0 spiro atoms. The van der Waals surface area contributed by atoms with Gasteiger partial charge in [0.05, 0.1) is 11.4 Å². The largest absolute Gasteiger partial charge is 0.337 e. The van der Waals surface area contributed by atoms with E-state index in [9.17, 15) is 4.79 Å². The highest BCUT2D eigenvalue weighted by Crippen LogP contribution is 2.37. The van der Waals surface area contributed by atoms with Crippen LogP contribution in [0.3, 0.4) is 0 Å². The van der Waals surface area contributed by atoms with Gasteiger partial charge in [0.15, 0.2) is 0 Å². The third-order valence-electron chi connectivity index (χ3n) is 10.0. The van der Waals surface area contributed by atoms with E-state index in [-0.39, 0.29) is 5.69 Å². The van der Waals surface area contributed by atoms with Gasteiger partial charge in [-0.05, 0) is 119 Å². The molecule has 9 aromatic rings. The lowest BCUT2D eigenvalue weighted by Crippen LogP contribution is -2.21. The summed E-state index contributed by atoms with van der Waals surface area (Å²) in [4.78, 5) is 18.3. The fraction of sp³-hybridized carbons (Fsp3) is 0. The zero-order chi connectivity index (χ0) is 37.7. The lowest BCUT2D eigenvalue weighted by atomic mass is 10.0. The van der Waals surface area contributed by atoms with Crippen molar-refractivity contribution < 1.29 is 0 Å². The lowest BCUT2D eigenvalue weighted by molar-refractivity contribution is 0.909. The Kier molecular flexibility index (Phi) is 9.38. The summed E-state index contributed by atoms with van der Waals surface area (Å²) >= 11 is 0. The molecule has 5 heteroatoms. The van der Waals surface area contributed by atoms with Gasteiger partial charge in [0, 0.05) is 46.5 Å². The zero-order valence-corrected chi connectivity index (χ0v) is 30.6. The van der Waals surface area contributed by atoms with Crippen LogP contribution in [0, 0.1) is 0 Å². The van der Waals surface area contributed by atoms with Gasteiger partial charge in [0.2, 0.25) is 0 Å². The van der Waals surface area contributed by atoms with E-state index < -0.39 is 0 Å². The van der Waals surface area contributed by atoms with E-state index in [0.717, 1.165) is 45.5 Å². The van der Waals surface area contributed by atoms with Gasteiger partial charge in [-0.2, -0.15) is 0 Å². The summed E-state index contributed by atoms with van der Waals surface area (Å²) in [5.41, 5.74) is 12.3. The Morgan fingerprint density at radius 3 is 0.839 bits per heavy atom. The van der Waals surface area contributed by atoms with Crippen LogP contribution in [0.1, 0.15) is 0 Å². The van der Waals surface area contributed by atoms with E-state index in [4.69, 9.17) is 0 Å². The molecule has 9 rings (SSSR count). The molecule has 0 fully saturated rings. The number of aromatic nitrogens is 2. The van der Waals surface area contributed by atoms with Gasteiger partial charge in [-0.25, -0.2) is 4.79 Å².